The number of rotatable bonds is 7. The van der Waals surface area contributed by atoms with Crippen LogP contribution in [0.4, 0.5) is 5.13 Å². The van der Waals surface area contributed by atoms with Gasteiger partial charge < -0.3 is 10.2 Å². The smallest absolute Gasteiger partial charge is 0.242 e. The van der Waals surface area contributed by atoms with Crippen molar-refractivity contribution in [2.75, 3.05) is 18.0 Å². The van der Waals surface area contributed by atoms with Crippen LogP contribution in [0.3, 0.4) is 0 Å². The predicted octanol–water partition coefficient (Wildman–Crippen LogP) is 3.26. The SMILES string of the molecule is CC(C)CCNC(=O)C1CCCN1c1nc(Cc2ccccc2)ns1. The van der Waals surface area contributed by atoms with E-state index >= 15 is 0 Å². The van der Waals surface area contributed by atoms with Gasteiger partial charge in [0.1, 0.15) is 11.9 Å². The largest absolute Gasteiger partial charge is 0.354 e. The highest BCUT2D eigenvalue weighted by Crippen LogP contribution is 2.27. The highest BCUT2D eigenvalue weighted by atomic mass is 32.1. The molecule has 6 heteroatoms. The standard InChI is InChI=1S/C19H26N4OS/c1-14(2)10-11-20-18(24)16-9-6-12-23(16)19-21-17(22-25-19)13-15-7-4-3-5-8-15/h3-5,7-8,14,16H,6,9-13H2,1-2H3,(H,20,24). The van der Waals surface area contributed by atoms with E-state index in [4.69, 9.17) is 0 Å². The first-order valence-electron chi connectivity index (χ1n) is 9.04. The summed E-state index contributed by atoms with van der Waals surface area (Å²) in [6.07, 6.45) is 3.66. The van der Waals surface area contributed by atoms with Gasteiger partial charge in [0.2, 0.25) is 11.0 Å². The molecule has 0 aliphatic carbocycles. The van der Waals surface area contributed by atoms with E-state index in [1.165, 1.54) is 17.1 Å². The van der Waals surface area contributed by atoms with E-state index in [1.54, 1.807) is 0 Å². The summed E-state index contributed by atoms with van der Waals surface area (Å²) in [5.41, 5.74) is 1.20. The van der Waals surface area contributed by atoms with E-state index in [0.29, 0.717) is 5.92 Å². The molecule has 1 atom stereocenters. The number of nitrogens with zero attached hydrogens (tertiary/aromatic N) is 3. The summed E-state index contributed by atoms with van der Waals surface area (Å²) in [5.74, 6) is 1.55. The zero-order valence-electron chi connectivity index (χ0n) is 14.9. The Bertz CT molecular complexity index is 686. The quantitative estimate of drug-likeness (QED) is 0.825. The van der Waals surface area contributed by atoms with Crippen LogP contribution in [0.1, 0.15) is 44.5 Å². The van der Waals surface area contributed by atoms with Gasteiger partial charge in [-0.3, -0.25) is 4.79 Å². The van der Waals surface area contributed by atoms with Crippen molar-refractivity contribution in [1.29, 1.82) is 0 Å². The van der Waals surface area contributed by atoms with Crippen molar-refractivity contribution < 1.29 is 4.79 Å². The molecule has 1 aliphatic rings. The van der Waals surface area contributed by atoms with Crippen LogP contribution in [-0.2, 0) is 11.2 Å². The molecule has 1 unspecified atom stereocenters. The van der Waals surface area contributed by atoms with Gasteiger partial charge in [-0.25, -0.2) is 4.98 Å². The van der Waals surface area contributed by atoms with Gasteiger partial charge in [-0.1, -0.05) is 44.2 Å². The van der Waals surface area contributed by atoms with E-state index in [0.717, 1.165) is 49.7 Å². The molecule has 2 heterocycles. The number of hydrogen-bond donors (Lipinski definition) is 1. The molecule has 0 spiro atoms. The molecule has 2 aromatic rings. The molecule has 1 aliphatic heterocycles. The topological polar surface area (TPSA) is 58.1 Å². The van der Waals surface area contributed by atoms with Crippen molar-refractivity contribution in [3.8, 4) is 0 Å². The maximum absolute atomic E-state index is 12.5. The van der Waals surface area contributed by atoms with Crippen LogP contribution in [0.25, 0.3) is 0 Å². The maximum Gasteiger partial charge on any atom is 0.242 e. The van der Waals surface area contributed by atoms with E-state index in [2.05, 4.69) is 45.6 Å². The second kappa shape index (κ2) is 8.43. The van der Waals surface area contributed by atoms with E-state index in [1.807, 2.05) is 18.2 Å². The number of carbonyl (C=O) groups excluding carboxylic acids is 1. The minimum atomic E-state index is -0.107. The fourth-order valence-electron chi connectivity index (χ4n) is 3.08. The normalized spacial score (nSPS) is 17.2. The highest BCUT2D eigenvalue weighted by Gasteiger charge is 2.32. The molecule has 0 saturated carbocycles. The summed E-state index contributed by atoms with van der Waals surface area (Å²) in [6.45, 7) is 5.96. The van der Waals surface area contributed by atoms with Gasteiger partial charge in [-0.2, -0.15) is 4.37 Å². The lowest BCUT2D eigenvalue weighted by Crippen LogP contribution is -2.43. The van der Waals surface area contributed by atoms with Crippen molar-refractivity contribution in [3.05, 3.63) is 41.7 Å². The monoisotopic (exact) mass is 358 g/mol. The van der Waals surface area contributed by atoms with Crippen LogP contribution in [0, 0.1) is 5.92 Å². The van der Waals surface area contributed by atoms with E-state index in [-0.39, 0.29) is 11.9 Å². The minimum absolute atomic E-state index is 0.107. The number of hydrogen-bond acceptors (Lipinski definition) is 5. The molecule has 1 fully saturated rings. The summed E-state index contributed by atoms with van der Waals surface area (Å²) in [6, 6.07) is 10.1. The lowest BCUT2D eigenvalue weighted by Gasteiger charge is -2.22. The first kappa shape index (κ1) is 17.9. The average Bonchev–Trinajstić information content (AvgIpc) is 3.24. The van der Waals surface area contributed by atoms with E-state index < -0.39 is 0 Å². The Morgan fingerprint density at radius 3 is 2.92 bits per heavy atom. The third-order valence-corrected chi connectivity index (χ3v) is 5.28. The van der Waals surface area contributed by atoms with Gasteiger partial charge in [-0.15, -0.1) is 0 Å². The molecule has 1 N–H and O–H groups in total. The summed E-state index contributed by atoms with van der Waals surface area (Å²) in [5, 5.41) is 3.95. The summed E-state index contributed by atoms with van der Waals surface area (Å²) < 4.78 is 4.49. The molecule has 5 nitrogen and oxygen atoms in total. The fraction of sp³-hybridized carbons (Fsp3) is 0.526. The van der Waals surface area contributed by atoms with Crippen LogP contribution < -0.4 is 10.2 Å². The van der Waals surface area contributed by atoms with Crippen molar-refractivity contribution in [3.63, 3.8) is 0 Å². The molecule has 0 bridgehead atoms. The van der Waals surface area contributed by atoms with Gasteiger partial charge in [0.25, 0.3) is 0 Å². The minimum Gasteiger partial charge on any atom is -0.354 e. The fourth-order valence-corrected chi connectivity index (χ4v) is 3.84. The van der Waals surface area contributed by atoms with Crippen LogP contribution in [0.15, 0.2) is 30.3 Å². The van der Waals surface area contributed by atoms with Crippen LogP contribution in [0.5, 0.6) is 0 Å². The lowest BCUT2D eigenvalue weighted by molar-refractivity contribution is -0.122. The van der Waals surface area contributed by atoms with Gasteiger partial charge in [0.15, 0.2) is 0 Å². The molecule has 1 aromatic heterocycles. The predicted molar refractivity (Wildman–Crippen MR) is 102 cm³/mol. The van der Waals surface area contributed by atoms with Crippen molar-refractivity contribution in [2.24, 2.45) is 5.92 Å². The molecule has 134 valence electrons. The number of nitrogens with one attached hydrogen (secondary N) is 1. The van der Waals surface area contributed by atoms with Crippen molar-refractivity contribution in [1.82, 2.24) is 14.7 Å². The summed E-state index contributed by atoms with van der Waals surface area (Å²) in [4.78, 5) is 19.3. The third kappa shape index (κ3) is 4.78. The van der Waals surface area contributed by atoms with Gasteiger partial charge >= 0.3 is 0 Å². The molecular weight excluding hydrogens is 332 g/mol. The number of aromatic nitrogens is 2. The van der Waals surface area contributed by atoms with Crippen LogP contribution >= 0.6 is 11.5 Å². The Labute approximate surface area is 153 Å². The zero-order chi connectivity index (χ0) is 17.6. The number of amides is 1. The summed E-state index contributed by atoms with van der Waals surface area (Å²) >= 11 is 1.40. The second-order valence-corrected chi connectivity index (χ2v) is 7.71. The number of benzene rings is 1. The molecule has 1 aromatic carbocycles. The number of anilines is 1. The van der Waals surface area contributed by atoms with Crippen LogP contribution in [0.2, 0.25) is 0 Å². The molecule has 0 radical (unpaired) electrons. The van der Waals surface area contributed by atoms with Gasteiger partial charge in [-0.05, 0) is 30.7 Å². The Morgan fingerprint density at radius 2 is 2.16 bits per heavy atom. The summed E-state index contributed by atoms with van der Waals surface area (Å²) in [7, 11) is 0. The average molecular weight is 359 g/mol. The lowest BCUT2D eigenvalue weighted by atomic mass is 10.1. The molecule has 3 rings (SSSR count). The molecule has 1 saturated heterocycles. The Hall–Kier alpha value is -1.95. The first-order valence-corrected chi connectivity index (χ1v) is 9.81. The Morgan fingerprint density at radius 1 is 1.36 bits per heavy atom. The molecule has 1 amide bonds. The van der Waals surface area contributed by atoms with Gasteiger partial charge in [0, 0.05) is 31.0 Å². The van der Waals surface area contributed by atoms with Crippen molar-refractivity contribution in [2.45, 2.75) is 45.6 Å². The Balaban J connectivity index is 1.61. The molecule has 25 heavy (non-hydrogen) atoms. The Kier molecular flexibility index (Phi) is 6.02. The third-order valence-electron chi connectivity index (χ3n) is 4.48. The first-order chi connectivity index (χ1) is 12.1. The van der Waals surface area contributed by atoms with E-state index in [9.17, 15) is 4.79 Å². The number of carbonyl (C=O) groups is 1. The van der Waals surface area contributed by atoms with Gasteiger partial charge in [0.05, 0.1) is 0 Å². The second-order valence-electron chi connectivity index (χ2n) is 6.98. The zero-order valence-corrected chi connectivity index (χ0v) is 15.8. The highest BCUT2D eigenvalue weighted by molar-refractivity contribution is 7.09. The van der Waals surface area contributed by atoms with Crippen LogP contribution in [-0.4, -0.2) is 34.4 Å². The maximum atomic E-state index is 12.5. The van der Waals surface area contributed by atoms with Crippen molar-refractivity contribution >= 4 is 22.6 Å². The molecular formula is C19H26N4OS.